The second kappa shape index (κ2) is 4.23. The van der Waals surface area contributed by atoms with Crippen LogP contribution in [0.25, 0.3) is 10.9 Å². The SMILES string of the molecule is N#CCCc1ccc2c(F)ccc(F)c2n1. The van der Waals surface area contributed by atoms with Gasteiger partial charge in [0.2, 0.25) is 0 Å². The summed E-state index contributed by atoms with van der Waals surface area (Å²) in [4.78, 5) is 4.01. The summed E-state index contributed by atoms with van der Waals surface area (Å²) in [6, 6.07) is 7.22. The Bertz CT molecular complexity index is 573. The van der Waals surface area contributed by atoms with E-state index < -0.39 is 11.6 Å². The number of nitriles is 1. The molecular weight excluding hydrogens is 210 g/mol. The molecule has 16 heavy (non-hydrogen) atoms. The number of hydrogen-bond donors (Lipinski definition) is 0. The van der Waals surface area contributed by atoms with E-state index in [4.69, 9.17) is 5.26 Å². The molecule has 0 N–H and O–H groups in total. The van der Waals surface area contributed by atoms with Gasteiger partial charge in [0, 0.05) is 23.9 Å². The maximum absolute atomic E-state index is 13.4. The van der Waals surface area contributed by atoms with Crippen LogP contribution in [0.1, 0.15) is 12.1 Å². The summed E-state index contributed by atoms with van der Waals surface area (Å²) in [5.41, 5.74) is 0.619. The summed E-state index contributed by atoms with van der Waals surface area (Å²) >= 11 is 0. The third-order valence-electron chi connectivity index (χ3n) is 2.31. The predicted octanol–water partition coefficient (Wildman–Crippen LogP) is 2.97. The number of hydrogen-bond acceptors (Lipinski definition) is 2. The van der Waals surface area contributed by atoms with Crippen LogP contribution in [-0.2, 0) is 6.42 Å². The fraction of sp³-hybridized carbons (Fsp3) is 0.167. The largest absolute Gasteiger partial charge is 0.250 e. The van der Waals surface area contributed by atoms with Gasteiger partial charge < -0.3 is 0 Å². The van der Waals surface area contributed by atoms with Crippen molar-refractivity contribution in [1.82, 2.24) is 4.98 Å². The van der Waals surface area contributed by atoms with E-state index in [-0.39, 0.29) is 10.9 Å². The molecule has 0 aliphatic rings. The normalized spacial score (nSPS) is 10.3. The van der Waals surface area contributed by atoms with Gasteiger partial charge in [0.05, 0.1) is 6.07 Å². The lowest BCUT2D eigenvalue weighted by Crippen LogP contribution is -1.94. The van der Waals surface area contributed by atoms with Crippen molar-refractivity contribution in [2.45, 2.75) is 12.8 Å². The minimum atomic E-state index is -0.546. The first-order valence-corrected chi connectivity index (χ1v) is 4.83. The topological polar surface area (TPSA) is 36.7 Å². The van der Waals surface area contributed by atoms with Crippen LogP contribution in [0.15, 0.2) is 24.3 Å². The first kappa shape index (κ1) is 10.5. The fourth-order valence-corrected chi connectivity index (χ4v) is 1.51. The Kier molecular flexibility index (Phi) is 2.78. The molecule has 0 bridgehead atoms. The van der Waals surface area contributed by atoms with Crippen LogP contribution in [0, 0.1) is 23.0 Å². The molecule has 0 saturated heterocycles. The Morgan fingerprint density at radius 1 is 1.12 bits per heavy atom. The van der Waals surface area contributed by atoms with Crippen LogP contribution in [0.5, 0.6) is 0 Å². The molecule has 1 heterocycles. The zero-order valence-electron chi connectivity index (χ0n) is 8.37. The maximum atomic E-state index is 13.4. The molecule has 0 spiro atoms. The first-order valence-electron chi connectivity index (χ1n) is 4.83. The Morgan fingerprint density at radius 3 is 2.62 bits per heavy atom. The molecular formula is C12H8F2N2. The third-order valence-corrected chi connectivity index (χ3v) is 2.31. The monoisotopic (exact) mass is 218 g/mol. The van der Waals surface area contributed by atoms with E-state index in [1.54, 1.807) is 6.07 Å². The minimum absolute atomic E-state index is 0.0236. The number of pyridine rings is 1. The van der Waals surface area contributed by atoms with Crippen molar-refractivity contribution in [2.75, 3.05) is 0 Å². The van der Waals surface area contributed by atoms with Gasteiger partial charge in [-0.2, -0.15) is 5.26 Å². The van der Waals surface area contributed by atoms with Crippen molar-refractivity contribution in [2.24, 2.45) is 0 Å². The lowest BCUT2D eigenvalue weighted by atomic mass is 10.1. The quantitative estimate of drug-likeness (QED) is 0.776. The summed E-state index contributed by atoms with van der Waals surface area (Å²) in [5.74, 6) is -1.04. The number of halogens is 2. The van der Waals surface area contributed by atoms with Crippen molar-refractivity contribution in [3.8, 4) is 6.07 Å². The third kappa shape index (κ3) is 1.84. The van der Waals surface area contributed by atoms with Crippen LogP contribution in [0.3, 0.4) is 0 Å². The molecule has 2 nitrogen and oxygen atoms in total. The van der Waals surface area contributed by atoms with Crippen molar-refractivity contribution >= 4 is 10.9 Å². The second-order valence-electron chi connectivity index (χ2n) is 3.39. The Labute approximate surface area is 91.2 Å². The highest BCUT2D eigenvalue weighted by atomic mass is 19.1. The lowest BCUT2D eigenvalue weighted by Gasteiger charge is -2.02. The number of aryl methyl sites for hydroxylation is 1. The van der Waals surface area contributed by atoms with E-state index in [1.807, 2.05) is 6.07 Å². The molecule has 1 aromatic heterocycles. The van der Waals surface area contributed by atoms with Gasteiger partial charge in [0.1, 0.15) is 17.2 Å². The molecule has 0 aliphatic carbocycles. The highest BCUT2D eigenvalue weighted by Gasteiger charge is 2.07. The highest BCUT2D eigenvalue weighted by Crippen LogP contribution is 2.19. The molecule has 0 fully saturated rings. The van der Waals surface area contributed by atoms with E-state index in [0.717, 1.165) is 12.1 Å². The van der Waals surface area contributed by atoms with E-state index >= 15 is 0 Å². The molecule has 0 amide bonds. The predicted molar refractivity (Wildman–Crippen MR) is 55.6 cm³/mol. The molecule has 0 radical (unpaired) electrons. The molecule has 4 heteroatoms. The standard InChI is InChI=1S/C12H8F2N2/c13-10-5-6-11(14)12-9(10)4-3-8(16-12)2-1-7-15/h3-6H,1-2H2. The van der Waals surface area contributed by atoms with E-state index in [0.29, 0.717) is 18.5 Å². The van der Waals surface area contributed by atoms with Gasteiger partial charge in [0.25, 0.3) is 0 Å². The Morgan fingerprint density at radius 2 is 1.88 bits per heavy atom. The number of aromatic nitrogens is 1. The molecule has 0 aliphatic heterocycles. The molecule has 0 atom stereocenters. The van der Waals surface area contributed by atoms with Gasteiger partial charge in [-0.1, -0.05) is 0 Å². The summed E-state index contributed by atoms with van der Waals surface area (Å²) in [7, 11) is 0. The molecule has 80 valence electrons. The molecule has 1 aromatic carbocycles. The van der Waals surface area contributed by atoms with Gasteiger partial charge in [-0.3, -0.25) is 0 Å². The number of fused-ring (bicyclic) bond motifs is 1. The van der Waals surface area contributed by atoms with Crippen LogP contribution >= 0.6 is 0 Å². The Hall–Kier alpha value is -2.02. The minimum Gasteiger partial charge on any atom is -0.250 e. The van der Waals surface area contributed by atoms with Crippen LogP contribution < -0.4 is 0 Å². The summed E-state index contributed by atoms with van der Waals surface area (Å²) in [6.07, 6.45) is 0.762. The highest BCUT2D eigenvalue weighted by molar-refractivity contribution is 5.79. The fourth-order valence-electron chi connectivity index (χ4n) is 1.51. The zero-order chi connectivity index (χ0) is 11.5. The average molecular weight is 218 g/mol. The zero-order valence-corrected chi connectivity index (χ0v) is 8.37. The van der Waals surface area contributed by atoms with Gasteiger partial charge in [-0.15, -0.1) is 0 Å². The van der Waals surface area contributed by atoms with E-state index in [2.05, 4.69) is 4.98 Å². The Balaban J connectivity index is 2.53. The molecule has 0 unspecified atom stereocenters. The van der Waals surface area contributed by atoms with Crippen LogP contribution in [0.4, 0.5) is 8.78 Å². The first-order chi connectivity index (χ1) is 7.72. The van der Waals surface area contributed by atoms with Crippen LogP contribution in [-0.4, -0.2) is 4.98 Å². The average Bonchev–Trinajstić information content (AvgIpc) is 2.31. The van der Waals surface area contributed by atoms with Gasteiger partial charge in [0.15, 0.2) is 0 Å². The molecule has 0 saturated carbocycles. The molecule has 2 rings (SSSR count). The van der Waals surface area contributed by atoms with Gasteiger partial charge >= 0.3 is 0 Å². The van der Waals surface area contributed by atoms with E-state index in [9.17, 15) is 8.78 Å². The van der Waals surface area contributed by atoms with Crippen molar-refractivity contribution in [3.05, 3.63) is 41.6 Å². The summed E-state index contributed by atoms with van der Waals surface area (Å²) in [6.45, 7) is 0. The van der Waals surface area contributed by atoms with Crippen molar-refractivity contribution in [3.63, 3.8) is 0 Å². The van der Waals surface area contributed by atoms with Crippen molar-refractivity contribution in [1.29, 1.82) is 5.26 Å². The van der Waals surface area contributed by atoms with Gasteiger partial charge in [-0.05, 0) is 24.3 Å². The van der Waals surface area contributed by atoms with Crippen LogP contribution in [0.2, 0.25) is 0 Å². The van der Waals surface area contributed by atoms with Crippen molar-refractivity contribution < 1.29 is 8.78 Å². The van der Waals surface area contributed by atoms with Gasteiger partial charge in [-0.25, -0.2) is 13.8 Å². The second-order valence-corrected chi connectivity index (χ2v) is 3.39. The summed E-state index contributed by atoms with van der Waals surface area (Å²) in [5, 5.41) is 8.60. The molecule has 2 aromatic rings. The number of benzene rings is 1. The smallest absolute Gasteiger partial charge is 0.149 e. The van der Waals surface area contributed by atoms with E-state index in [1.165, 1.54) is 6.07 Å². The lowest BCUT2D eigenvalue weighted by molar-refractivity contribution is 0.614. The number of rotatable bonds is 2. The number of nitrogens with zero attached hydrogens (tertiary/aromatic N) is 2. The maximum Gasteiger partial charge on any atom is 0.149 e. The summed E-state index contributed by atoms with van der Waals surface area (Å²) < 4.78 is 26.7.